The van der Waals surface area contributed by atoms with Gasteiger partial charge in [-0.1, -0.05) is 51.1 Å². The number of ether oxygens (including phenoxy) is 1. The van der Waals surface area contributed by atoms with E-state index >= 15 is 0 Å². The van der Waals surface area contributed by atoms with Crippen molar-refractivity contribution in [1.82, 2.24) is 0 Å². The molecule has 2 rings (SSSR count). The zero-order chi connectivity index (χ0) is 17.6. The second-order valence-electron chi connectivity index (χ2n) is 6.97. The normalized spacial score (nSPS) is 22.4. The Morgan fingerprint density at radius 1 is 1.17 bits per heavy atom. The summed E-state index contributed by atoms with van der Waals surface area (Å²) in [5, 5.41) is 0. The summed E-state index contributed by atoms with van der Waals surface area (Å²) in [5.74, 6) is -0.128. The van der Waals surface area contributed by atoms with Crippen LogP contribution in [0.3, 0.4) is 0 Å². The van der Waals surface area contributed by atoms with Gasteiger partial charge in [-0.2, -0.15) is 0 Å². The lowest BCUT2D eigenvalue weighted by Gasteiger charge is -2.31. The first-order chi connectivity index (χ1) is 11.5. The van der Waals surface area contributed by atoms with Crippen LogP contribution in [-0.2, 0) is 19.0 Å². The second-order valence-corrected chi connectivity index (χ2v) is 11.6. The molecule has 0 saturated carbocycles. The lowest BCUT2D eigenvalue weighted by Crippen LogP contribution is -2.37. The van der Waals surface area contributed by atoms with E-state index in [9.17, 15) is 4.79 Å². The third kappa shape index (κ3) is 4.26. The fourth-order valence-corrected chi connectivity index (χ4v) is 5.38. The molecule has 24 heavy (non-hydrogen) atoms. The van der Waals surface area contributed by atoms with Gasteiger partial charge < -0.3 is 4.74 Å². The van der Waals surface area contributed by atoms with Crippen LogP contribution in [0.5, 0.6) is 0 Å². The molecule has 1 heterocycles. The van der Waals surface area contributed by atoms with Crippen LogP contribution in [0.1, 0.15) is 52.2 Å². The van der Waals surface area contributed by atoms with Gasteiger partial charge in [0.25, 0.3) is 0 Å². The molecule has 4 nitrogen and oxygen atoms in total. The number of carbonyl (C=O) groups is 1. The highest BCUT2D eigenvalue weighted by atomic mass is 28.4. The van der Waals surface area contributed by atoms with Crippen molar-refractivity contribution < 1.29 is 19.0 Å². The molecule has 2 atom stereocenters. The Bertz CT molecular complexity index is 521. The fourth-order valence-electron chi connectivity index (χ4n) is 3.20. The van der Waals surface area contributed by atoms with Crippen LogP contribution >= 0.6 is 0 Å². The minimum absolute atomic E-state index is 0.128. The third-order valence-corrected chi connectivity index (χ3v) is 9.78. The predicted molar refractivity (Wildman–Crippen MR) is 96.9 cm³/mol. The van der Waals surface area contributed by atoms with Crippen molar-refractivity contribution in [1.29, 1.82) is 0 Å². The predicted octanol–water partition coefficient (Wildman–Crippen LogP) is 5.02. The SMILES string of the molecule is CC[Si](CC)(CC)OOC(CC1(C)CCOC1=O)c1ccccc1. The number of cyclic esters (lactones) is 1. The zero-order valence-corrected chi connectivity index (χ0v) is 16.3. The van der Waals surface area contributed by atoms with E-state index in [1.165, 1.54) is 0 Å². The molecule has 1 aliphatic rings. The average molecular weight is 351 g/mol. The highest BCUT2D eigenvalue weighted by molar-refractivity contribution is 6.73. The molecule has 0 N–H and O–H groups in total. The number of esters is 1. The molecule has 1 aromatic rings. The van der Waals surface area contributed by atoms with Crippen LogP contribution in [0.2, 0.25) is 18.1 Å². The molecule has 0 aromatic heterocycles. The monoisotopic (exact) mass is 350 g/mol. The minimum Gasteiger partial charge on any atom is -0.465 e. The average Bonchev–Trinajstić information content (AvgIpc) is 2.95. The van der Waals surface area contributed by atoms with E-state index in [-0.39, 0.29) is 12.1 Å². The van der Waals surface area contributed by atoms with Gasteiger partial charge in [0.2, 0.25) is 8.32 Å². The first-order valence-corrected chi connectivity index (χ1v) is 11.6. The lowest BCUT2D eigenvalue weighted by molar-refractivity contribution is -0.266. The van der Waals surface area contributed by atoms with Gasteiger partial charge in [0.1, 0.15) is 6.10 Å². The molecule has 0 spiro atoms. The summed E-state index contributed by atoms with van der Waals surface area (Å²) in [6.45, 7) is 8.99. The fraction of sp³-hybridized carbons (Fsp3) is 0.632. The molecular formula is C19H30O4Si. The zero-order valence-electron chi connectivity index (χ0n) is 15.3. The maximum absolute atomic E-state index is 12.1. The molecule has 2 unspecified atom stereocenters. The summed E-state index contributed by atoms with van der Waals surface area (Å²) in [6.07, 6.45) is 1.06. The van der Waals surface area contributed by atoms with Crippen LogP contribution in [0, 0.1) is 5.41 Å². The van der Waals surface area contributed by atoms with Crippen molar-refractivity contribution >= 4 is 14.3 Å². The van der Waals surface area contributed by atoms with Crippen molar-refractivity contribution in [3.05, 3.63) is 35.9 Å². The van der Waals surface area contributed by atoms with E-state index in [0.29, 0.717) is 13.0 Å². The number of rotatable bonds is 9. The Kier molecular flexibility index (Phi) is 6.60. The Morgan fingerprint density at radius 3 is 2.29 bits per heavy atom. The first kappa shape index (κ1) is 19.2. The van der Waals surface area contributed by atoms with Crippen molar-refractivity contribution in [2.45, 2.75) is 64.8 Å². The highest BCUT2D eigenvalue weighted by Gasteiger charge is 2.43. The molecule has 0 amide bonds. The summed E-state index contributed by atoms with van der Waals surface area (Å²) in [7, 11) is -1.85. The maximum Gasteiger partial charge on any atom is 0.312 e. The molecule has 0 aliphatic carbocycles. The van der Waals surface area contributed by atoms with Crippen LogP contribution < -0.4 is 0 Å². The van der Waals surface area contributed by atoms with E-state index in [0.717, 1.165) is 30.1 Å². The van der Waals surface area contributed by atoms with E-state index in [1.54, 1.807) is 0 Å². The van der Waals surface area contributed by atoms with Gasteiger partial charge in [0, 0.05) is 0 Å². The van der Waals surface area contributed by atoms with Gasteiger partial charge >= 0.3 is 5.97 Å². The number of benzene rings is 1. The summed E-state index contributed by atoms with van der Waals surface area (Å²) < 4.78 is 11.3. The van der Waals surface area contributed by atoms with E-state index in [2.05, 4.69) is 20.8 Å². The Labute approximate surface area is 146 Å². The molecule has 1 aliphatic heterocycles. The smallest absolute Gasteiger partial charge is 0.312 e. The van der Waals surface area contributed by atoms with Crippen LogP contribution in [0.25, 0.3) is 0 Å². The van der Waals surface area contributed by atoms with Crippen molar-refractivity contribution in [3.63, 3.8) is 0 Å². The summed E-state index contributed by atoms with van der Waals surface area (Å²) >= 11 is 0. The van der Waals surface area contributed by atoms with E-state index in [1.807, 2.05) is 37.3 Å². The van der Waals surface area contributed by atoms with Gasteiger partial charge in [0.05, 0.1) is 12.0 Å². The van der Waals surface area contributed by atoms with Crippen molar-refractivity contribution in [2.75, 3.05) is 6.61 Å². The maximum atomic E-state index is 12.1. The quantitative estimate of drug-likeness (QED) is 0.271. The molecule has 1 saturated heterocycles. The summed E-state index contributed by atoms with van der Waals surface area (Å²) in [5.41, 5.74) is 0.545. The van der Waals surface area contributed by atoms with E-state index in [4.69, 9.17) is 14.2 Å². The number of hydrogen-bond acceptors (Lipinski definition) is 4. The number of carbonyl (C=O) groups excluding carboxylic acids is 1. The van der Waals surface area contributed by atoms with Gasteiger partial charge in [-0.25, -0.2) is 4.89 Å². The van der Waals surface area contributed by atoms with Crippen molar-refractivity contribution in [2.24, 2.45) is 5.41 Å². The Balaban J connectivity index is 2.16. The number of hydrogen-bond donors (Lipinski definition) is 0. The van der Waals surface area contributed by atoms with Gasteiger partial charge in [-0.05, 0) is 43.5 Å². The molecular weight excluding hydrogens is 320 g/mol. The third-order valence-electron chi connectivity index (χ3n) is 5.46. The first-order valence-electron chi connectivity index (χ1n) is 9.05. The molecule has 0 radical (unpaired) electrons. The largest absolute Gasteiger partial charge is 0.465 e. The summed E-state index contributed by atoms with van der Waals surface area (Å²) in [4.78, 5) is 18.1. The van der Waals surface area contributed by atoms with Crippen LogP contribution in [0.15, 0.2) is 30.3 Å². The highest BCUT2D eigenvalue weighted by Crippen LogP contribution is 2.40. The standard InChI is InChI=1S/C19H30O4Si/c1-5-24(6-2,7-3)23-22-17(16-11-9-8-10-12-16)15-19(4)13-14-21-18(19)20/h8-12,17H,5-7,13-15H2,1-4H3. The van der Waals surface area contributed by atoms with Gasteiger partial charge in [0.15, 0.2) is 0 Å². The lowest BCUT2D eigenvalue weighted by atomic mass is 9.81. The molecule has 1 fully saturated rings. The molecule has 1 aromatic carbocycles. The van der Waals surface area contributed by atoms with E-state index < -0.39 is 13.7 Å². The second kappa shape index (κ2) is 8.27. The van der Waals surface area contributed by atoms with Crippen LogP contribution in [0.4, 0.5) is 0 Å². The summed E-state index contributed by atoms with van der Waals surface area (Å²) in [6, 6.07) is 13.1. The Hall–Kier alpha value is -1.17. The van der Waals surface area contributed by atoms with Gasteiger partial charge in [-0.3, -0.25) is 9.37 Å². The Morgan fingerprint density at radius 2 is 1.79 bits per heavy atom. The van der Waals surface area contributed by atoms with Crippen molar-refractivity contribution in [3.8, 4) is 0 Å². The van der Waals surface area contributed by atoms with Crippen LogP contribution in [-0.4, -0.2) is 20.9 Å². The van der Waals surface area contributed by atoms with Gasteiger partial charge in [-0.15, -0.1) is 0 Å². The topological polar surface area (TPSA) is 44.8 Å². The molecule has 0 bridgehead atoms. The molecule has 5 heteroatoms. The minimum atomic E-state index is -1.85. The molecule has 134 valence electrons.